The molecule has 0 aliphatic rings. The molecule has 2 rings (SSSR count). The first-order chi connectivity index (χ1) is 9.10. The van der Waals surface area contributed by atoms with Crippen LogP contribution < -0.4 is 5.32 Å². The Hall–Kier alpha value is -2.34. The van der Waals surface area contributed by atoms with Gasteiger partial charge in [0.15, 0.2) is 0 Å². The lowest BCUT2D eigenvalue weighted by Crippen LogP contribution is -2.08. The number of hydrogen-bond donors (Lipinski definition) is 1. The van der Waals surface area contributed by atoms with Crippen molar-refractivity contribution < 1.29 is 4.39 Å². The predicted molar refractivity (Wildman–Crippen MR) is 74.3 cm³/mol. The predicted octanol–water partition coefficient (Wildman–Crippen LogP) is 4.12. The van der Waals surface area contributed by atoms with E-state index in [1.807, 2.05) is 32.0 Å². The van der Waals surface area contributed by atoms with Gasteiger partial charge in [0.1, 0.15) is 11.9 Å². The standard InChI is InChI=1S/C16H15FN2/c1-11-3-4-13(9-12(11)2)16(10-18)19-15-7-5-14(17)6-8-15/h3-9,16,19H,1-2H3. The number of rotatable bonds is 3. The van der Waals surface area contributed by atoms with Crippen molar-refractivity contribution in [3.63, 3.8) is 0 Å². The van der Waals surface area contributed by atoms with Crippen molar-refractivity contribution in [2.24, 2.45) is 0 Å². The summed E-state index contributed by atoms with van der Waals surface area (Å²) in [6.45, 7) is 4.05. The van der Waals surface area contributed by atoms with E-state index >= 15 is 0 Å². The monoisotopic (exact) mass is 254 g/mol. The van der Waals surface area contributed by atoms with Crippen LogP contribution in [0.15, 0.2) is 42.5 Å². The van der Waals surface area contributed by atoms with E-state index in [0.29, 0.717) is 0 Å². The molecule has 0 aliphatic heterocycles. The number of nitrogens with zero attached hydrogens (tertiary/aromatic N) is 1. The Labute approximate surface area is 112 Å². The summed E-state index contributed by atoms with van der Waals surface area (Å²) in [5, 5.41) is 12.4. The number of benzene rings is 2. The van der Waals surface area contributed by atoms with Crippen molar-refractivity contribution in [1.29, 1.82) is 5.26 Å². The summed E-state index contributed by atoms with van der Waals surface area (Å²) in [4.78, 5) is 0. The van der Waals surface area contributed by atoms with Crippen LogP contribution in [0.1, 0.15) is 22.7 Å². The highest BCUT2D eigenvalue weighted by atomic mass is 19.1. The van der Waals surface area contributed by atoms with Crippen LogP contribution in [0.2, 0.25) is 0 Å². The molecule has 0 saturated carbocycles. The minimum absolute atomic E-state index is 0.287. The molecule has 1 N–H and O–H groups in total. The molecule has 19 heavy (non-hydrogen) atoms. The zero-order chi connectivity index (χ0) is 13.8. The van der Waals surface area contributed by atoms with Crippen LogP contribution >= 0.6 is 0 Å². The Kier molecular flexibility index (Phi) is 3.82. The molecule has 0 radical (unpaired) electrons. The van der Waals surface area contributed by atoms with Gasteiger partial charge in [0.25, 0.3) is 0 Å². The van der Waals surface area contributed by atoms with E-state index in [2.05, 4.69) is 11.4 Å². The molecule has 0 saturated heterocycles. The van der Waals surface area contributed by atoms with Gasteiger partial charge in [-0.3, -0.25) is 0 Å². The van der Waals surface area contributed by atoms with Crippen LogP contribution in [0.25, 0.3) is 0 Å². The molecule has 2 nitrogen and oxygen atoms in total. The SMILES string of the molecule is Cc1ccc(C(C#N)Nc2ccc(F)cc2)cc1C. The normalized spacial score (nSPS) is 11.7. The molecule has 96 valence electrons. The van der Waals surface area contributed by atoms with Gasteiger partial charge in [0.2, 0.25) is 0 Å². The molecule has 0 heterocycles. The zero-order valence-electron chi connectivity index (χ0n) is 10.9. The van der Waals surface area contributed by atoms with Crippen LogP contribution in [-0.4, -0.2) is 0 Å². The number of nitriles is 1. The molecule has 0 amide bonds. The fourth-order valence-corrected chi connectivity index (χ4v) is 1.85. The number of nitrogens with one attached hydrogen (secondary N) is 1. The van der Waals surface area contributed by atoms with Crippen molar-refractivity contribution in [2.45, 2.75) is 19.9 Å². The summed E-state index contributed by atoms with van der Waals surface area (Å²) >= 11 is 0. The fraction of sp³-hybridized carbons (Fsp3) is 0.188. The lowest BCUT2D eigenvalue weighted by atomic mass is 10.0. The Morgan fingerprint density at radius 2 is 1.74 bits per heavy atom. The van der Waals surface area contributed by atoms with Gasteiger partial charge < -0.3 is 5.32 Å². The smallest absolute Gasteiger partial charge is 0.140 e. The molecule has 0 bridgehead atoms. The van der Waals surface area contributed by atoms with Crippen LogP contribution in [-0.2, 0) is 0 Å². The molecule has 3 heteroatoms. The molecular formula is C16H15FN2. The van der Waals surface area contributed by atoms with Crippen molar-refractivity contribution in [3.05, 3.63) is 65.0 Å². The summed E-state index contributed by atoms with van der Waals surface area (Å²) < 4.78 is 12.8. The van der Waals surface area contributed by atoms with Gasteiger partial charge in [-0.25, -0.2) is 4.39 Å². The van der Waals surface area contributed by atoms with Gasteiger partial charge in [0.05, 0.1) is 6.07 Å². The molecule has 0 fully saturated rings. The summed E-state index contributed by atoms with van der Waals surface area (Å²) in [6.07, 6.45) is 0. The van der Waals surface area contributed by atoms with Crippen LogP contribution in [0.5, 0.6) is 0 Å². The van der Waals surface area contributed by atoms with E-state index in [0.717, 1.165) is 16.8 Å². The number of hydrogen-bond acceptors (Lipinski definition) is 2. The molecule has 1 atom stereocenters. The topological polar surface area (TPSA) is 35.8 Å². The maximum absolute atomic E-state index is 12.8. The summed E-state index contributed by atoms with van der Waals surface area (Å²) in [7, 11) is 0. The van der Waals surface area contributed by atoms with E-state index in [9.17, 15) is 9.65 Å². The molecule has 1 unspecified atom stereocenters. The minimum Gasteiger partial charge on any atom is -0.366 e. The second kappa shape index (κ2) is 5.53. The van der Waals surface area contributed by atoms with E-state index in [-0.39, 0.29) is 5.82 Å². The van der Waals surface area contributed by atoms with Gasteiger partial charge >= 0.3 is 0 Å². The maximum atomic E-state index is 12.8. The van der Waals surface area contributed by atoms with Gasteiger partial charge in [0, 0.05) is 5.69 Å². The van der Waals surface area contributed by atoms with Crippen molar-refractivity contribution in [2.75, 3.05) is 5.32 Å². The molecule has 0 aliphatic carbocycles. The van der Waals surface area contributed by atoms with E-state index in [4.69, 9.17) is 0 Å². The Morgan fingerprint density at radius 3 is 2.32 bits per heavy atom. The fourth-order valence-electron chi connectivity index (χ4n) is 1.85. The molecule has 2 aromatic rings. The number of aryl methyl sites for hydroxylation is 2. The third-order valence-corrected chi connectivity index (χ3v) is 3.15. The molecule has 0 aromatic heterocycles. The quantitative estimate of drug-likeness (QED) is 0.894. The second-order valence-electron chi connectivity index (χ2n) is 4.56. The second-order valence-corrected chi connectivity index (χ2v) is 4.56. The number of halogens is 1. The first-order valence-electron chi connectivity index (χ1n) is 6.09. The summed E-state index contributed by atoms with van der Waals surface area (Å²) in [5.41, 5.74) is 3.99. The molecular weight excluding hydrogens is 239 g/mol. The third kappa shape index (κ3) is 3.11. The average Bonchev–Trinajstić information content (AvgIpc) is 2.41. The molecule has 2 aromatic carbocycles. The van der Waals surface area contributed by atoms with Crippen molar-refractivity contribution in [3.8, 4) is 6.07 Å². The van der Waals surface area contributed by atoms with Crippen molar-refractivity contribution >= 4 is 5.69 Å². The minimum atomic E-state index is -0.440. The third-order valence-electron chi connectivity index (χ3n) is 3.15. The number of anilines is 1. The van der Waals surface area contributed by atoms with Gasteiger partial charge in [-0.1, -0.05) is 18.2 Å². The Bertz CT molecular complexity index is 612. The van der Waals surface area contributed by atoms with E-state index in [1.165, 1.54) is 17.7 Å². The average molecular weight is 254 g/mol. The first-order valence-corrected chi connectivity index (χ1v) is 6.09. The van der Waals surface area contributed by atoms with Crippen molar-refractivity contribution in [1.82, 2.24) is 0 Å². The Balaban J connectivity index is 2.23. The van der Waals surface area contributed by atoms with Gasteiger partial charge in [-0.15, -0.1) is 0 Å². The largest absolute Gasteiger partial charge is 0.366 e. The lowest BCUT2D eigenvalue weighted by Gasteiger charge is -2.14. The van der Waals surface area contributed by atoms with E-state index < -0.39 is 6.04 Å². The van der Waals surface area contributed by atoms with Gasteiger partial charge in [-0.2, -0.15) is 5.26 Å². The molecule has 0 spiro atoms. The Morgan fingerprint density at radius 1 is 1.05 bits per heavy atom. The van der Waals surface area contributed by atoms with E-state index in [1.54, 1.807) is 12.1 Å². The first kappa shape index (κ1) is 13.1. The highest BCUT2D eigenvalue weighted by Gasteiger charge is 2.10. The van der Waals surface area contributed by atoms with Crippen LogP contribution in [0.4, 0.5) is 10.1 Å². The van der Waals surface area contributed by atoms with Gasteiger partial charge in [-0.05, 0) is 54.8 Å². The summed E-state index contributed by atoms with van der Waals surface area (Å²) in [6, 6.07) is 13.7. The van der Waals surface area contributed by atoms with Crippen LogP contribution in [0.3, 0.4) is 0 Å². The zero-order valence-corrected chi connectivity index (χ0v) is 10.9. The lowest BCUT2D eigenvalue weighted by molar-refractivity contribution is 0.628. The maximum Gasteiger partial charge on any atom is 0.140 e. The highest BCUT2D eigenvalue weighted by molar-refractivity contribution is 5.48. The summed E-state index contributed by atoms with van der Waals surface area (Å²) in [5.74, 6) is -0.287. The van der Waals surface area contributed by atoms with Crippen LogP contribution in [0, 0.1) is 31.0 Å². The highest BCUT2D eigenvalue weighted by Crippen LogP contribution is 2.21.